The average Bonchev–Trinajstić information content (AvgIpc) is 2.68. The van der Waals surface area contributed by atoms with Crippen molar-refractivity contribution in [1.29, 1.82) is 0 Å². The number of ether oxygens (including phenoxy) is 1. The first-order valence-electron chi connectivity index (χ1n) is 9.35. The van der Waals surface area contributed by atoms with Crippen LogP contribution in [-0.2, 0) is 17.3 Å². The Bertz CT molecular complexity index is 1150. The number of hydrogen-bond acceptors (Lipinski definition) is 4. The molecule has 0 radical (unpaired) electrons. The van der Waals surface area contributed by atoms with E-state index in [1.165, 1.54) is 11.0 Å². The lowest BCUT2D eigenvalue weighted by Crippen LogP contribution is -2.21. The third-order valence-corrected chi connectivity index (χ3v) is 5.26. The standard InChI is InChI=1S/C22H19Cl2F3N2O2/c1-4-31-21(30)18-14(9-12-7-5-6-8-17(12)24)15-10-13(23)11-16(22(25,26)27)19(15)28-20(18)29(2)3/h5-8,10-11H,4,9H2,1-3H3. The van der Waals surface area contributed by atoms with Crippen LogP contribution < -0.4 is 4.90 Å². The lowest BCUT2D eigenvalue weighted by atomic mass is 9.94. The highest BCUT2D eigenvalue weighted by atomic mass is 35.5. The maximum atomic E-state index is 13.8. The van der Waals surface area contributed by atoms with Crippen LogP contribution in [0, 0.1) is 0 Å². The van der Waals surface area contributed by atoms with Gasteiger partial charge in [0.05, 0.1) is 17.7 Å². The van der Waals surface area contributed by atoms with Crippen molar-refractivity contribution in [2.24, 2.45) is 0 Å². The minimum atomic E-state index is -4.69. The van der Waals surface area contributed by atoms with Crippen molar-refractivity contribution in [3.05, 3.63) is 68.7 Å². The molecule has 4 nitrogen and oxygen atoms in total. The summed E-state index contributed by atoms with van der Waals surface area (Å²) in [6, 6.07) is 9.13. The second-order valence-electron chi connectivity index (χ2n) is 7.02. The van der Waals surface area contributed by atoms with Crippen molar-refractivity contribution in [2.45, 2.75) is 19.5 Å². The minimum absolute atomic E-state index is 0.0702. The first-order valence-corrected chi connectivity index (χ1v) is 10.1. The van der Waals surface area contributed by atoms with Gasteiger partial charge in [0.15, 0.2) is 0 Å². The van der Waals surface area contributed by atoms with E-state index < -0.39 is 17.7 Å². The van der Waals surface area contributed by atoms with Gasteiger partial charge >= 0.3 is 12.1 Å². The number of anilines is 1. The Hall–Kier alpha value is -2.51. The number of pyridine rings is 1. The first-order chi connectivity index (χ1) is 14.5. The Balaban J connectivity index is 2.47. The van der Waals surface area contributed by atoms with Gasteiger partial charge < -0.3 is 9.64 Å². The zero-order valence-corrected chi connectivity index (χ0v) is 18.5. The van der Waals surface area contributed by atoms with E-state index in [2.05, 4.69) is 4.98 Å². The van der Waals surface area contributed by atoms with Gasteiger partial charge in [-0.1, -0.05) is 41.4 Å². The number of aromatic nitrogens is 1. The molecule has 0 aliphatic heterocycles. The quantitative estimate of drug-likeness (QED) is 0.405. The third-order valence-electron chi connectivity index (χ3n) is 4.68. The van der Waals surface area contributed by atoms with Crippen LogP contribution in [-0.4, -0.2) is 31.7 Å². The van der Waals surface area contributed by atoms with Crippen LogP contribution in [0.1, 0.15) is 34.0 Å². The lowest BCUT2D eigenvalue weighted by Gasteiger charge is -2.22. The summed E-state index contributed by atoms with van der Waals surface area (Å²) in [5.41, 5.74) is -0.243. The van der Waals surface area contributed by atoms with Crippen molar-refractivity contribution in [3.8, 4) is 0 Å². The fraction of sp³-hybridized carbons (Fsp3) is 0.273. The van der Waals surface area contributed by atoms with Gasteiger partial charge in [-0.25, -0.2) is 9.78 Å². The van der Waals surface area contributed by atoms with Crippen molar-refractivity contribution in [3.63, 3.8) is 0 Å². The van der Waals surface area contributed by atoms with Gasteiger partial charge in [0.25, 0.3) is 0 Å². The van der Waals surface area contributed by atoms with Crippen LogP contribution >= 0.6 is 23.2 Å². The molecule has 1 heterocycles. The summed E-state index contributed by atoms with van der Waals surface area (Å²) in [5, 5.41) is 0.426. The predicted octanol–water partition coefficient (Wildman–Crippen LogP) is 6.39. The number of nitrogens with zero attached hydrogens (tertiary/aromatic N) is 2. The Morgan fingerprint density at radius 3 is 2.42 bits per heavy atom. The molecule has 0 aliphatic carbocycles. The number of carbonyl (C=O) groups excluding carboxylic acids is 1. The normalized spacial score (nSPS) is 11.6. The maximum absolute atomic E-state index is 13.8. The van der Waals surface area contributed by atoms with Crippen molar-refractivity contribution in [2.75, 3.05) is 25.6 Å². The highest BCUT2D eigenvalue weighted by Crippen LogP contribution is 2.40. The monoisotopic (exact) mass is 470 g/mol. The molecule has 0 unspecified atom stereocenters. The fourth-order valence-corrected chi connectivity index (χ4v) is 3.78. The number of hydrogen-bond donors (Lipinski definition) is 0. The van der Waals surface area contributed by atoms with E-state index in [9.17, 15) is 18.0 Å². The number of rotatable bonds is 5. The van der Waals surface area contributed by atoms with Crippen LogP contribution in [0.25, 0.3) is 10.9 Å². The van der Waals surface area contributed by atoms with Crippen molar-refractivity contribution < 1.29 is 22.7 Å². The van der Waals surface area contributed by atoms with Crippen LogP contribution in [0.5, 0.6) is 0 Å². The zero-order chi connectivity index (χ0) is 22.9. The Kier molecular flexibility index (Phi) is 6.67. The molecular weight excluding hydrogens is 452 g/mol. The number of halogens is 5. The molecule has 0 aliphatic rings. The zero-order valence-electron chi connectivity index (χ0n) is 17.0. The lowest BCUT2D eigenvalue weighted by molar-refractivity contribution is -0.136. The van der Waals surface area contributed by atoms with Gasteiger partial charge in [-0.15, -0.1) is 0 Å². The molecule has 2 aromatic carbocycles. The minimum Gasteiger partial charge on any atom is -0.462 e. The summed E-state index contributed by atoms with van der Waals surface area (Å²) in [7, 11) is 3.19. The molecule has 3 rings (SSSR count). The van der Waals surface area contributed by atoms with Crippen LogP contribution in [0.4, 0.5) is 19.0 Å². The highest BCUT2D eigenvalue weighted by Gasteiger charge is 2.36. The number of esters is 1. The van der Waals surface area contributed by atoms with E-state index in [0.717, 1.165) is 6.07 Å². The summed E-state index contributed by atoms with van der Waals surface area (Å²) in [5.74, 6) is -0.614. The molecule has 9 heteroatoms. The number of benzene rings is 2. The van der Waals surface area contributed by atoms with Gasteiger partial charge in [-0.3, -0.25) is 0 Å². The molecule has 164 valence electrons. The van der Waals surface area contributed by atoms with Crippen molar-refractivity contribution in [1.82, 2.24) is 4.98 Å². The molecule has 0 atom stereocenters. The van der Waals surface area contributed by atoms with Gasteiger partial charge in [-0.2, -0.15) is 13.2 Å². The van der Waals surface area contributed by atoms with Gasteiger partial charge in [-0.05, 0) is 36.2 Å². The molecule has 0 N–H and O–H groups in total. The summed E-state index contributed by atoms with van der Waals surface area (Å²) < 4.78 is 46.6. The van der Waals surface area contributed by atoms with E-state index in [1.807, 2.05) is 0 Å². The predicted molar refractivity (Wildman–Crippen MR) is 116 cm³/mol. The molecule has 0 saturated heterocycles. The largest absolute Gasteiger partial charge is 0.462 e. The molecule has 0 saturated carbocycles. The smallest absolute Gasteiger partial charge is 0.418 e. The fourth-order valence-electron chi connectivity index (χ4n) is 3.35. The van der Waals surface area contributed by atoms with E-state index in [0.29, 0.717) is 16.1 Å². The molecule has 0 bridgehead atoms. The van der Waals surface area contributed by atoms with E-state index in [4.69, 9.17) is 27.9 Å². The molecule has 31 heavy (non-hydrogen) atoms. The van der Waals surface area contributed by atoms with Crippen LogP contribution in [0.3, 0.4) is 0 Å². The first kappa shape index (κ1) is 23.2. The van der Waals surface area contributed by atoms with Crippen molar-refractivity contribution >= 4 is 45.9 Å². The van der Waals surface area contributed by atoms with E-state index in [1.54, 1.807) is 45.3 Å². The Labute approximate surface area is 187 Å². The molecular formula is C22H19Cl2F3N2O2. The maximum Gasteiger partial charge on any atom is 0.418 e. The molecule has 1 aromatic heterocycles. The van der Waals surface area contributed by atoms with Crippen LogP contribution in [0.2, 0.25) is 10.0 Å². The highest BCUT2D eigenvalue weighted by molar-refractivity contribution is 6.32. The third kappa shape index (κ3) is 4.72. The summed E-state index contributed by atoms with van der Waals surface area (Å²) in [4.78, 5) is 18.6. The van der Waals surface area contributed by atoms with Gasteiger partial charge in [0.2, 0.25) is 0 Å². The number of alkyl halides is 3. The van der Waals surface area contributed by atoms with E-state index >= 15 is 0 Å². The number of fused-ring (bicyclic) bond motifs is 1. The SMILES string of the molecule is CCOC(=O)c1c(N(C)C)nc2c(C(F)(F)F)cc(Cl)cc2c1Cc1ccccc1Cl. The van der Waals surface area contributed by atoms with Crippen LogP contribution in [0.15, 0.2) is 36.4 Å². The second kappa shape index (κ2) is 8.93. The van der Waals surface area contributed by atoms with Gasteiger partial charge in [0.1, 0.15) is 11.4 Å². The molecule has 0 fully saturated rings. The molecule has 3 aromatic rings. The number of carbonyl (C=O) groups is 1. The molecule has 0 spiro atoms. The summed E-state index contributed by atoms with van der Waals surface area (Å²) >= 11 is 12.4. The second-order valence-corrected chi connectivity index (χ2v) is 7.86. The summed E-state index contributed by atoms with van der Waals surface area (Å²) in [6.45, 7) is 1.74. The topological polar surface area (TPSA) is 42.4 Å². The average molecular weight is 471 g/mol. The van der Waals surface area contributed by atoms with Gasteiger partial charge in [0, 0.05) is 35.9 Å². The Morgan fingerprint density at radius 1 is 1.16 bits per heavy atom. The summed E-state index contributed by atoms with van der Waals surface area (Å²) in [6.07, 6.45) is -4.60. The Morgan fingerprint density at radius 2 is 1.84 bits per heavy atom. The molecule has 0 amide bonds. The van der Waals surface area contributed by atoms with E-state index in [-0.39, 0.29) is 40.3 Å².